The second-order valence-corrected chi connectivity index (χ2v) is 9.45. The first-order valence-electron chi connectivity index (χ1n) is 12.6. The lowest BCUT2D eigenvalue weighted by Crippen LogP contribution is -2.43. The van der Waals surface area contributed by atoms with E-state index < -0.39 is 6.09 Å². The largest absolute Gasteiger partial charge is 0.496 e. The van der Waals surface area contributed by atoms with Gasteiger partial charge in [0.15, 0.2) is 0 Å². The Morgan fingerprint density at radius 2 is 1.82 bits per heavy atom. The Bertz CT molecular complexity index is 1470. The quantitative estimate of drug-likeness (QED) is 0.338. The highest BCUT2D eigenvalue weighted by molar-refractivity contribution is 6.04. The molecule has 5 rings (SSSR count). The summed E-state index contributed by atoms with van der Waals surface area (Å²) in [5.74, 6) is 0.531. The van der Waals surface area contributed by atoms with Crippen molar-refractivity contribution in [3.63, 3.8) is 0 Å². The SMILES string of the molecule is COC(=O)Nc1ccc(-c2cnc3[nH]cc(-c4ccccc4OC)c3c2)cc1C(=O)NC1CCN(C)CC1. The molecule has 0 bridgehead atoms. The van der Waals surface area contributed by atoms with Crippen LogP contribution in [-0.4, -0.2) is 67.3 Å². The average molecular weight is 514 g/mol. The van der Waals surface area contributed by atoms with Gasteiger partial charge in [0.2, 0.25) is 0 Å². The van der Waals surface area contributed by atoms with Gasteiger partial charge in [0.25, 0.3) is 5.91 Å². The number of hydrogen-bond donors (Lipinski definition) is 3. The van der Waals surface area contributed by atoms with E-state index in [-0.39, 0.29) is 11.9 Å². The van der Waals surface area contributed by atoms with Crippen LogP contribution in [-0.2, 0) is 4.74 Å². The molecule has 0 aliphatic carbocycles. The van der Waals surface area contributed by atoms with Crippen molar-refractivity contribution >= 4 is 28.7 Å². The number of anilines is 1. The van der Waals surface area contributed by atoms with Crippen LogP contribution in [0.3, 0.4) is 0 Å². The predicted molar refractivity (Wildman–Crippen MR) is 148 cm³/mol. The molecular formula is C29H31N5O4. The molecule has 0 unspecified atom stereocenters. The number of likely N-dealkylation sites (tertiary alicyclic amines) is 1. The second-order valence-electron chi connectivity index (χ2n) is 9.45. The van der Waals surface area contributed by atoms with Gasteiger partial charge in [-0.25, -0.2) is 9.78 Å². The van der Waals surface area contributed by atoms with Gasteiger partial charge in [-0.15, -0.1) is 0 Å². The van der Waals surface area contributed by atoms with Crippen molar-refractivity contribution in [3.8, 4) is 28.0 Å². The van der Waals surface area contributed by atoms with Gasteiger partial charge in [-0.2, -0.15) is 0 Å². The number of benzene rings is 2. The van der Waals surface area contributed by atoms with Crippen molar-refractivity contribution in [3.05, 3.63) is 66.5 Å². The highest BCUT2D eigenvalue weighted by Gasteiger charge is 2.22. The molecule has 2 aromatic carbocycles. The van der Waals surface area contributed by atoms with Crippen LogP contribution in [0.2, 0.25) is 0 Å². The Balaban J connectivity index is 1.52. The lowest BCUT2D eigenvalue weighted by molar-refractivity contribution is 0.0917. The van der Waals surface area contributed by atoms with E-state index in [1.165, 1.54) is 7.11 Å². The van der Waals surface area contributed by atoms with Crippen LogP contribution in [0.5, 0.6) is 5.75 Å². The third kappa shape index (κ3) is 5.19. The van der Waals surface area contributed by atoms with Crippen LogP contribution in [0.25, 0.3) is 33.3 Å². The van der Waals surface area contributed by atoms with Gasteiger partial charge in [0.05, 0.1) is 25.5 Å². The van der Waals surface area contributed by atoms with Gasteiger partial charge in [-0.05, 0) is 62.8 Å². The van der Waals surface area contributed by atoms with E-state index >= 15 is 0 Å². The van der Waals surface area contributed by atoms with Crippen LogP contribution >= 0.6 is 0 Å². The Morgan fingerprint density at radius 3 is 2.58 bits per heavy atom. The van der Waals surface area contributed by atoms with Crippen LogP contribution in [0, 0.1) is 0 Å². The third-order valence-corrected chi connectivity index (χ3v) is 7.00. The van der Waals surface area contributed by atoms with Crippen LogP contribution in [0.1, 0.15) is 23.2 Å². The minimum atomic E-state index is -0.636. The second kappa shape index (κ2) is 10.9. The molecule has 2 aromatic heterocycles. The van der Waals surface area contributed by atoms with Gasteiger partial charge in [0, 0.05) is 40.5 Å². The Kier molecular flexibility index (Phi) is 7.28. The Labute approximate surface area is 221 Å². The number of rotatable bonds is 6. The summed E-state index contributed by atoms with van der Waals surface area (Å²) in [4.78, 5) is 35.5. The fraction of sp³-hybridized carbons (Fsp3) is 0.276. The first kappa shape index (κ1) is 25.3. The zero-order valence-corrected chi connectivity index (χ0v) is 21.7. The lowest BCUT2D eigenvalue weighted by atomic mass is 9.99. The first-order valence-corrected chi connectivity index (χ1v) is 12.6. The van der Waals surface area contributed by atoms with Crippen LogP contribution in [0.15, 0.2) is 60.9 Å². The number of H-pyrrole nitrogens is 1. The number of nitrogens with one attached hydrogen (secondary N) is 3. The Morgan fingerprint density at radius 1 is 1.03 bits per heavy atom. The number of carbonyl (C=O) groups excluding carboxylic acids is 2. The van der Waals surface area contributed by atoms with E-state index in [0.29, 0.717) is 11.3 Å². The molecule has 3 heterocycles. The number of ether oxygens (including phenoxy) is 2. The van der Waals surface area contributed by atoms with E-state index in [1.807, 2.05) is 42.6 Å². The fourth-order valence-corrected chi connectivity index (χ4v) is 4.85. The van der Waals surface area contributed by atoms with Crippen LogP contribution in [0.4, 0.5) is 10.5 Å². The molecule has 1 saturated heterocycles. The molecule has 1 aliphatic rings. The maximum absolute atomic E-state index is 13.4. The van der Waals surface area contributed by atoms with Gasteiger partial charge in [0.1, 0.15) is 11.4 Å². The van der Waals surface area contributed by atoms with E-state index in [1.54, 1.807) is 25.4 Å². The van der Waals surface area contributed by atoms with E-state index in [9.17, 15) is 9.59 Å². The number of para-hydroxylation sites is 1. The van der Waals surface area contributed by atoms with Crippen molar-refractivity contribution in [2.75, 3.05) is 39.7 Å². The summed E-state index contributed by atoms with van der Waals surface area (Å²) in [6.07, 6.45) is 4.81. The molecule has 1 fully saturated rings. The van der Waals surface area contributed by atoms with E-state index in [4.69, 9.17) is 9.47 Å². The van der Waals surface area contributed by atoms with Gasteiger partial charge in [-0.3, -0.25) is 10.1 Å². The number of pyridine rings is 1. The normalized spacial score (nSPS) is 14.3. The molecule has 3 N–H and O–H groups in total. The molecular weight excluding hydrogens is 482 g/mol. The summed E-state index contributed by atoms with van der Waals surface area (Å²) in [5.41, 5.74) is 5.06. The molecule has 38 heavy (non-hydrogen) atoms. The number of amides is 2. The lowest BCUT2D eigenvalue weighted by Gasteiger charge is -2.29. The first-order chi connectivity index (χ1) is 18.5. The molecule has 9 nitrogen and oxygen atoms in total. The molecule has 0 spiro atoms. The smallest absolute Gasteiger partial charge is 0.411 e. The molecule has 0 atom stereocenters. The number of nitrogens with zero attached hydrogens (tertiary/aromatic N) is 2. The van der Waals surface area contributed by atoms with E-state index in [0.717, 1.165) is 65.0 Å². The highest BCUT2D eigenvalue weighted by atomic mass is 16.5. The minimum absolute atomic E-state index is 0.0783. The van der Waals surface area contributed by atoms with Crippen molar-refractivity contribution in [2.24, 2.45) is 0 Å². The topological polar surface area (TPSA) is 109 Å². The van der Waals surface area contributed by atoms with Gasteiger partial charge < -0.3 is 24.7 Å². The number of fused-ring (bicyclic) bond motifs is 1. The molecule has 0 saturated carbocycles. The van der Waals surface area contributed by atoms with Gasteiger partial charge in [-0.1, -0.05) is 24.3 Å². The molecule has 9 heteroatoms. The summed E-state index contributed by atoms with van der Waals surface area (Å²) in [6, 6.07) is 15.3. The summed E-state index contributed by atoms with van der Waals surface area (Å²) >= 11 is 0. The maximum atomic E-state index is 13.4. The van der Waals surface area contributed by atoms with E-state index in [2.05, 4.69) is 32.5 Å². The number of hydrogen-bond acceptors (Lipinski definition) is 6. The zero-order chi connectivity index (χ0) is 26.6. The predicted octanol–water partition coefficient (Wildman–Crippen LogP) is 4.91. The van der Waals surface area contributed by atoms with Gasteiger partial charge >= 0.3 is 6.09 Å². The maximum Gasteiger partial charge on any atom is 0.411 e. The summed E-state index contributed by atoms with van der Waals surface area (Å²) in [6.45, 7) is 1.85. The summed E-state index contributed by atoms with van der Waals surface area (Å²) in [7, 11) is 5.02. The number of aromatic amines is 1. The molecule has 1 aliphatic heterocycles. The van der Waals surface area contributed by atoms with Crippen molar-refractivity contribution in [2.45, 2.75) is 18.9 Å². The molecule has 4 aromatic rings. The number of methoxy groups -OCH3 is 2. The highest BCUT2D eigenvalue weighted by Crippen LogP contribution is 2.36. The zero-order valence-electron chi connectivity index (χ0n) is 21.7. The molecule has 0 radical (unpaired) electrons. The average Bonchev–Trinajstić information content (AvgIpc) is 3.37. The minimum Gasteiger partial charge on any atom is -0.496 e. The fourth-order valence-electron chi connectivity index (χ4n) is 4.85. The number of piperidine rings is 1. The van der Waals surface area contributed by atoms with Crippen LogP contribution < -0.4 is 15.4 Å². The summed E-state index contributed by atoms with van der Waals surface area (Å²) < 4.78 is 10.3. The van der Waals surface area contributed by atoms with Crippen molar-refractivity contribution in [1.82, 2.24) is 20.2 Å². The number of carbonyl (C=O) groups is 2. The third-order valence-electron chi connectivity index (χ3n) is 7.00. The summed E-state index contributed by atoms with van der Waals surface area (Å²) in [5, 5.41) is 6.74. The standard InChI is InChI=1S/C29H31N5O4/c1-34-12-10-20(11-13-34)32-28(35)23-14-18(8-9-25(23)33-29(36)38-3)19-15-22-24(17-31-27(22)30-16-19)21-6-4-5-7-26(21)37-2/h4-9,14-17,20H,10-13H2,1-3H3,(H,30,31)(H,32,35)(H,33,36). The Hall–Kier alpha value is -4.37. The van der Waals surface area contributed by atoms with Crippen molar-refractivity contribution < 1.29 is 19.1 Å². The van der Waals surface area contributed by atoms with Crippen molar-refractivity contribution in [1.29, 1.82) is 0 Å². The monoisotopic (exact) mass is 513 g/mol. The number of aromatic nitrogens is 2. The molecule has 2 amide bonds. The molecule has 196 valence electrons.